The molecule has 0 radical (unpaired) electrons. The van der Waals surface area contributed by atoms with Crippen LogP contribution in [0.2, 0.25) is 0 Å². The molecule has 3 nitrogen and oxygen atoms in total. The summed E-state index contributed by atoms with van der Waals surface area (Å²) in [5.74, 6) is -0.431. The summed E-state index contributed by atoms with van der Waals surface area (Å²) in [4.78, 5) is 14.3. The first-order valence-corrected chi connectivity index (χ1v) is 4.12. The second kappa shape index (κ2) is 3.37. The van der Waals surface area contributed by atoms with E-state index >= 15 is 0 Å². The Hall–Kier alpha value is -1.34. The molecule has 0 saturated carbocycles. The number of hydrogen-bond acceptors (Lipinski definition) is 3. The van der Waals surface area contributed by atoms with E-state index in [0.29, 0.717) is 10.6 Å². The molecule has 0 saturated heterocycles. The van der Waals surface area contributed by atoms with Gasteiger partial charge in [0.1, 0.15) is 0 Å². The van der Waals surface area contributed by atoms with E-state index in [9.17, 15) is 4.79 Å². The predicted molar refractivity (Wildman–Crippen MR) is 46.7 cm³/mol. The summed E-state index contributed by atoms with van der Waals surface area (Å²) in [6, 6.07) is 0. The van der Waals surface area contributed by atoms with Crippen LogP contribution in [-0.4, -0.2) is 13.1 Å². The number of ether oxygens (including phenoxy) is 1. The van der Waals surface area contributed by atoms with Crippen molar-refractivity contribution in [2.45, 2.75) is 6.92 Å². The Bertz CT molecular complexity index is 348. The zero-order valence-corrected chi connectivity index (χ0v) is 7.57. The summed E-state index contributed by atoms with van der Waals surface area (Å²) >= 11 is 1.26. The number of aryl methyl sites for hydroxylation is 1. The van der Waals surface area contributed by atoms with Gasteiger partial charge in [-0.2, -0.15) is 11.3 Å². The molecular weight excluding hydrogens is 174 g/mol. The molecule has 12 heavy (non-hydrogen) atoms. The molecule has 0 spiro atoms. The van der Waals surface area contributed by atoms with E-state index in [1.807, 2.05) is 0 Å². The zero-order valence-electron chi connectivity index (χ0n) is 6.75. The molecule has 0 N–H and O–H groups in total. The summed E-state index contributed by atoms with van der Waals surface area (Å²) < 4.78 is 4.54. The van der Waals surface area contributed by atoms with Crippen LogP contribution in [0.5, 0.6) is 0 Å². The minimum atomic E-state index is -0.431. The monoisotopic (exact) mass is 181 g/mol. The number of thiophene rings is 1. The van der Waals surface area contributed by atoms with E-state index < -0.39 is 5.97 Å². The van der Waals surface area contributed by atoms with Crippen molar-refractivity contribution in [1.29, 1.82) is 0 Å². The predicted octanol–water partition coefficient (Wildman–Crippen LogP) is 2.39. The maximum atomic E-state index is 11.1. The second-order valence-corrected chi connectivity index (χ2v) is 3.06. The van der Waals surface area contributed by atoms with Crippen LogP contribution < -0.4 is 0 Å². The van der Waals surface area contributed by atoms with Gasteiger partial charge in [0.25, 0.3) is 5.00 Å². The summed E-state index contributed by atoms with van der Waals surface area (Å²) in [6.07, 6.45) is 0. The first kappa shape index (κ1) is 8.75. The average Bonchev–Trinajstić information content (AvgIpc) is 2.45. The maximum Gasteiger partial charge on any atom is 0.328 e. The molecule has 4 heteroatoms. The highest BCUT2D eigenvalue weighted by atomic mass is 32.1. The first-order chi connectivity index (χ1) is 5.70. The molecule has 0 unspecified atom stereocenters. The lowest BCUT2D eigenvalue weighted by Gasteiger charge is -1.97. The lowest BCUT2D eigenvalue weighted by Crippen LogP contribution is -2.00. The van der Waals surface area contributed by atoms with Crippen molar-refractivity contribution in [3.63, 3.8) is 0 Å². The van der Waals surface area contributed by atoms with Gasteiger partial charge in [0.15, 0.2) is 0 Å². The van der Waals surface area contributed by atoms with Gasteiger partial charge in [0, 0.05) is 0 Å². The van der Waals surface area contributed by atoms with Crippen molar-refractivity contribution in [3.05, 3.63) is 27.9 Å². The normalized spacial score (nSPS) is 9.08. The van der Waals surface area contributed by atoms with Crippen LogP contribution in [0.1, 0.15) is 15.9 Å². The minimum Gasteiger partial charge on any atom is -0.466 e. The van der Waals surface area contributed by atoms with Gasteiger partial charge in [0.2, 0.25) is 0 Å². The van der Waals surface area contributed by atoms with Crippen molar-refractivity contribution in [2.75, 3.05) is 7.11 Å². The van der Waals surface area contributed by atoms with Crippen LogP contribution in [0.15, 0.2) is 5.38 Å². The van der Waals surface area contributed by atoms with Gasteiger partial charge in [-0.1, -0.05) is 0 Å². The highest BCUT2D eigenvalue weighted by Crippen LogP contribution is 2.30. The summed E-state index contributed by atoms with van der Waals surface area (Å²) in [5, 5.41) is 2.18. The van der Waals surface area contributed by atoms with Gasteiger partial charge >= 0.3 is 5.97 Å². The fourth-order valence-corrected chi connectivity index (χ4v) is 1.68. The van der Waals surface area contributed by atoms with Crippen molar-refractivity contribution >= 4 is 22.3 Å². The molecule has 62 valence electrons. The Morgan fingerprint density at radius 1 is 1.75 bits per heavy atom. The lowest BCUT2D eigenvalue weighted by molar-refractivity contribution is 0.0602. The third-order valence-electron chi connectivity index (χ3n) is 1.45. The van der Waals surface area contributed by atoms with Gasteiger partial charge in [-0.3, -0.25) is 0 Å². The molecule has 1 aromatic rings. The minimum absolute atomic E-state index is 0.400. The maximum absolute atomic E-state index is 11.1. The number of carbonyl (C=O) groups excluding carboxylic acids is 1. The Balaban J connectivity index is 3.21. The third-order valence-corrected chi connectivity index (χ3v) is 2.44. The molecule has 0 atom stereocenters. The molecule has 0 bridgehead atoms. The molecule has 0 fully saturated rings. The molecule has 1 heterocycles. The summed E-state index contributed by atoms with van der Waals surface area (Å²) in [5.41, 5.74) is 1.20. The highest BCUT2D eigenvalue weighted by Gasteiger charge is 2.16. The topological polar surface area (TPSA) is 30.7 Å². The lowest BCUT2D eigenvalue weighted by atomic mass is 10.2. The Morgan fingerprint density at radius 3 is 2.92 bits per heavy atom. The van der Waals surface area contributed by atoms with Gasteiger partial charge in [-0.25, -0.2) is 9.64 Å². The highest BCUT2D eigenvalue weighted by molar-refractivity contribution is 7.14. The smallest absolute Gasteiger partial charge is 0.328 e. The summed E-state index contributed by atoms with van der Waals surface area (Å²) in [7, 11) is 1.31. The molecule has 0 aliphatic heterocycles. The largest absolute Gasteiger partial charge is 0.466 e. The molecule has 1 rings (SSSR count). The molecule has 0 aromatic carbocycles. The number of hydrogen-bond donors (Lipinski definition) is 0. The Kier molecular flexibility index (Phi) is 2.46. The van der Waals surface area contributed by atoms with Crippen LogP contribution >= 0.6 is 11.3 Å². The van der Waals surface area contributed by atoms with E-state index in [4.69, 9.17) is 6.57 Å². The van der Waals surface area contributed by atoms with E-state index in [-0.39, 0.29) is 0 Å². The average molecular weight is 181 g/mol. The zero-order chi connectivity index (χ0) is 9.14. The van der Waals surface area contributed by atoms with E-state index in [1.54, 1.807) is 12.3 Å². The first-order valence-electron chi connectivity index (χ1n) is 3.24. The number of carbonyl (C=O) groups is 1. The Labute approximate surface area is 74.4 Å². The number of esters is 1. The van der Waals surface area contributed by atoms with Crippen molar-refractivity contribution in [1.82, 2.24) is 0 Å². The summed E-state index contributed by atoms with van der Waals surface area (Å²) in [6.45, 7) is 8.58. The quantitative estimate of drug-likeness (QED) is 0.492. The van der Waals surface area contributed by atoms with Gasteiger partial charge in [-0.05, 0) is 17.9 Å². The van der Waals surface area contributed by atoms with Gasteiger partial charge in [-0.15, -0.1) is 0 Å². The molecule has 0 aliphatic carbocycles. The van der Waals surface area contributed by atoms with Crippen LogP contribution in [0.4, 0.5) is 5.00 Å². The van der Waals surface area contributed by atoms with Gasteiger partial charge in [0.05, 0.1) is 19.2 Å². The number of nitrogens with zero attached hydrogens (tertiary/aromatic N) is 1. The van der Waals surface area contributed by atoms with Gasteiger partial charge < -0.3 is 4.74 Å². The molecular formula is C8H7NO2S. The van der Waals surface area contributed by atoms with Crippen LogP contribution in [0.25, 0.3) is 4.85 Å². The molecule has 0 aliphatic rings. The second-order valence-electron chi connectivity index (χ2n) is 2.20. The number of rotatable bonds is 1. The Morgan fingerprint density at radius 2 is 2.42 bits per heavy atom. The van der Waals surface area contributed by atoms with Crippen LogP contribution in [-0.2, 0) is 4.74 Å². The standard InChI is InChI=1S/C8H7NO2S/c1-5-4-12-7(9-2)6(5)8(10)11-3/h4H,1,3H3. The third kappa shape index (κ3) is 1.31. The van der Waals surface area contributed by atoms with Crippen molar-refractivity contribution in [2.24, 2.45) is 0 Å². The van der Waals surface area contributed by atoms with Crippen LogP contribution in [0.3, 0.4) is 0 Å². The fourth-order valence-electron chi connectivity index (χ4n) is 0.863. The SMILES string of the molecule is [C-]#[N+]c1scc(C)c1C(=O)OC. The van der Waals surface area contributed by atoms with Crippen molar-refractivity contribution < 1.29 is 9.53 Å². The van der Waals surface area contributed by atoms with E-state index in [0.717, 1.165) is 5.56 Å². The molecule has 0 amide bonds. The van der Waals surface area contributed by atoms with Crippen molar-refractivity contribution in [3.8, 4) is 0 Å². The van der Waals surface area contributed by atoms with E-state index in [2.05, 4.69) is 9.58 Å². The van der Waals surface area contributed by atoms with E-state index in [1.165, 1.54) is 18.4 Å². The number of methoxy groups -OCH3 is 1. The fraction of sp³-hybridized carbons (Fsp3) is 0.250. The molecule has 1 aromatic heterocycles. The van der Waals surface area contributed by atoms with Crippen LogP contribution in [0, 0.1) is 13.5 Å².